The fourth-order valence-electron chi connectivity index (χ4n) is 2.01. The van der Waals surface area contributed by atoms with Crippen LogP contribution in [0.5, 0.6) is 0 Å². The number of rotatable bonds is 4. The third-order valence-electron chi connectivity index (χ3n) is 3.07. The molecule has 2 heterocycles. The van der Waals surface area contributed by atoms with Crippen molar-refractivity contribution in [2.45, 2.75) is 10.8 Å². The molecule has 1 aromatic carbocycles. The number of pyridine rings is 1. The van der Waals surface area contributed by atoms with Gasteiger partial charge in [0.2, 0.25) is 0 Å². The molecule has 106 valence electrons. The maximum absolute atomic E-state index is 11.6. The molecule has 0 saturated heterocycles. The molecule has 3 rings (SSSR count). The SMILES string of the molecule is COC(=O)c1ccoc1CSc1ccc2ccccc2n1. The summed E-state index contributed by atoms with van der Waals surface area (Å²) in [5.41, 5.74) is 1.42. The van der Waals surface area contributed by atoms with Crippen LogP contribution in [0.3, 0.4) is 0 Å². The van der Waals surface area contributed by atoms with Gasteiger partial charge in [-0.3, -0.25) is 0 Å². The summed E-state index contributed by atoms with van der Waals surface area (Å²) in [6.07, 6.45) is 1.50. The molecule has 4 nitrogen and oxygen atoms in total. The molecule has 21 heavy (non-hydrogen) atoms. The number of hydrogen-bond acceptors (Lipinski definition) is 5. The molecule has 0 aliphatic carbocycles. The first-order valence-corrected chi connectivity index (χ1v) is 7.40. The molecule has 0 aliphatic heterocycles. The number of aromatic nitrogens is 1. The molecular formula is C16H13NO3S. The number of para-hydroxylation sites is 1. The summed E-state index contributed by atoms with van der Waals surface area (Å²) in [6.45, 7) is 0. The maximum atomic E-state index is 11.6. The van der Waals surface area contributed by atoms with E-state index in [9.17, 15) is 4.79 Å². The first kappa shape index (κ1) is 13.7. The number of carbonyl (C=O) groups excluding carboxylic acids is 1. The van der Waals surface area contributed by atoms with Crippen molar-refractivity contribution in [2.24, 2.45) is 0 Å². The molecule has 0 radical (unpaired) electrons. The van der Waals surface area contributed by atoms with Crippen molar-refractivity contribution in [1.82, 2.24) is 4.98 Å². The zero-order valence-corrected chi connectivity index (χ0v) is 12.2. The van der Waals surface area contributed by atoms with E-state index in [2.05, 4.69) is 4.98 Å². The average Bonchev–Trinajstić information content (AvgIpc) is 3.00. The van der Waals surface area contributed by atoms with Crippen LogP contribution < -0.4 is 0 Å². The summed E-state index contributed by atoms with van der Waals surface area (Å²) >= 11 is 1.52. The van der Waals surface area contributed by atoms with E-state index in [1.807, 2.05) is 36.4 Å². The number of esters is 1. The van der Waals surface area contributed by atoms with Crippen LogP contribution >= 0.6 is 11.8 Å². The van der Waals surface area contributed by atoms with Crippen LogP contribution in [-0.4, -0.2) is 18.1 Å². The van der Waals surface area contributed by atoms with Crippen LogP contribution in [0.15, 0.2) is 58.2 Å². The molecule has 0 bridgehead atoms. The van der Waals surface area contributed by atoms with E-state index in [0.717, 1.165) is 15.9 Å². The van der Waals surface area contributed by atoms with Crippen molar-refractivity contribution in [1.29, 1.82) is 0 Å². The highest BCUT2D eigenvalue weighted by molar-refractivity contribution is 7.98. The van der Waals surface area contributed by atoms with E-state index in [0.29, 0.717) is 17.1 Å². The molecule has 0 saturated carbocycles. The highest BCUT2D eigenvalue weighted by Gasteiger charge is 2.15. The van der Waals surface area contributed by atoms with Gasteiger partial charge < -0.3 is 9.15 Å². The van der Waals surface area contributed by atoms with Crippen LogP contribution in [0.2, 0.25) is 0 Å². The highest BCUT2D eigenvalue weighted by Crippen LogP contribution is 2.25. The lowest BCUT2D eigenvalue weighted by molar-refractivity contribution is 0.0598. The van der Waals surface area contributed by atoms with Crippen molar-refractivity contribution in [2.75, 3.05) is 7.11 Å². The van der Waals surface area contributed by atoms with Gasteiger partial charge in [0.25, 0.3) is 0 Å². The molecule has 3 aromatic rings. The van der Waals surface area contributed by atoms with Crippen molar-refractivity contribution in [3.63, 3.8) is 0 Å². The summed E-state index contributed by atoms with van der Waals surface area (Å²) in [5.74, 6) is 0.746. The molecule has 0 aliphatic rings. The van der Waals surface area contributed by atoms with Gasteiger partial charge in [-0.15, -0.1) is 0 Å². The van der Waals surface area contributed by atoms with E-state index in [1.54, 1.807) is 6.07 Å². The number of ether oxygens (including phenoxy) is 1. The second kappa shape index (κ2) is 6.01. The van der Waals surface area contributed by atoms with Gasteiger partial charge in [-0.25, -0.2) is 9.78 Å². The van der Waals surface area contributed by atoms with E-state index >= 15 is 0 Å². The summed E-state index contributed by atoms with van der Waals surface area (Å²) < 4.78 is 10.1. The van der Waals surface area contributed by atoms with Gasteiger partial charge in [-0.1, -0.05) is 36.0 Å². The number of carbonyl (C=O) groups is 1. The van der Waals surface area contributed by atoms with Crippen LogP contribution in [0.4, 0.5) is 0 Å². The van der Waals surface area contributed by atoms with Crippen molar-refractivity contribution in [3.8, 4) is 0 Å². The summed E-state index contributed by atoms with van der Waals surface area (Å²) in [4.78, 5) is 16.1. The molecule has 0 unspecified atom stereocenters. The first-order chi connectivity index (χ1) is 10.3. The van der Waals surface area contributed by atoms with Crippen LogP contribution in [0, 0.1) is 0 Å². The Morgan fingerprint density at radius 3 is 2.95 bits per heavy atom. The van der Waals surface area contributed by atoms with E-state index in [1.165, 1.54) is 25.1 Å². The zero-order chi connectivity index (χ0) is 14.7. The maximum Gasteiger partial charge on any atom is 0.341 e. The van der Waals surface area contributed by atoms with E-state index < -0.39 is 0 Å². The molecular weight excluding hydrogens is 286 g/mol. The minimum atomic E-state index is -0.383. The summed E-state index contributed by atoms with van der Waals surface area (Å²) in [6, 6.07) is 13.6. The Labute approximate surface area is 126 Å². The lowest BCUT2D eigenvalue weighted by atomic mass is 10.2. The van der Waals surface area contributed by atoms with E-state index in [-0.39, 0.29) is 5.97 Å². The van der Waals surface area contributed by atoms with Crippen molar-refractivity contribution >= 4 is 28.6 Å². The van der Waals surface area contributed by atoms with Crippen LogP contribution in [0.25, 0.3) is 10.9 Å². The molecule has 0 amide bonds. The zero-order valence-electron chi connectivity index (χ0n) is 11.4. The number of methoxy groups -OCH3 is 1. The number of nitrogens with zero attached hydrogens (tertiary/aromatic N) is 1. The third kappa shape index (κ3) is 2.92. The number of fused-ring (bicyclic) bond motifs is 1. The highest BCUT2D eigenvalue weighted by atomic mass is 32.2. The van der Waals surface area contributed by atoms with Crippen molar-refractivity contribution < 1.29 is 13.9 Å². The lowest BCUT2D eigenvalue weighted by Gasteiger charge is -2.03. The number of furan rings is 1. The lowest BCUT2D eigenvalue weighted by Crippen LogP contribution is -2.02. The molecule has 0 spiro atoms. The largest absolute Gasteiger partial charge is 0.468 e. The first-order valence-electron chi connectivity index (χ1n) is 6.41. The Morgan fingerprint density at radius 1 is 1.24 bits per heavy atom. The normalized spacial score (nSPS) is 10.7. The van der Waals surface area contributed by atoms with Crippen LogP contribution in [0.1, 0.15) is 16.1 Å². The molecule has 0 atom stereocenters. The summed E-state index contributed by atoms with van der Waals surface area (Å²) in [7, 11) is 1.36. The molecule has 5 heteroatoms. The standard InChI is InChI=1S/C16H13NO3S/c1-19-16(18)12-8-9-20-14(12)10-21-15-7-6-11-4-2-3-5-13(11)17-15/h2-9H,10H2,1H3. The molecule has 2 aromatic heterocycles. The second-order valence-corrected chi connectivity index (χ2v) is 5.38. The van der Waals surface area contributed by atoms with Gasteiger partial charge in [0.15, 0.2) is 0 Å². The van der Waals surface area contributed by atoms with Crippen LogP contribution in [-0.2, 0) is 10.5 Å². The van der Waals surface area contributed by atoms with Gasteiger partial charge in [0, 0.05) is 5.39 Å². The second-order valence-electron chi connectivity index (χ2n) is 4.38. The quantitative estimate of drug-likeness (QED) is 0.540. The predicted molar refractivity (Wildman–Crippen MR) is 81.4 cm³/mol. The van der Waals surface area contributed by atoms with Gasteiger partial charge in [-0.05, 0) is 18.2 Å². The number of hydrogen-bond donors (Lipinski definition) is 0. The van der Waals surface area contributed by atoms with Gasteiger partial charge in [0.05, 0.1) is 29.7 Å². The Morgan fingerprint density at radius 2 is 2.10 bits per heavy atom. The minimum Gasteiger partial charge on any atom is -0.468 e. The summed E-state index contributed by atoms with van der Waals surface area (Å²) in [5, 5.41) is 2.00. The molecule has 0 N–H and O–H groups in total. The minimum absolute atomic E-state index is 0.383. The number of benzene rings is 1. The number of thioether (sulfide) groups is 1. The monoisotopic (exact) mass is 299 g/mol. The Balaban J connectivity index is 1.77. The Bertz CT molecular complexity index is 782. The topological polar surface area (TPSA) is 52.3 Å². The van der Waals surface area contributed by atoms with E-state index in [4.69, 9.17) is 9.15 Å². The fourth-order valence-corrected chi connectivity index (χ4v) is 2.84. The fraction of sp³-hybridized carbons (Fsp3) is 0.125. The predicted octanol–water partition coefficient (Wildman–Crippen LogP) is 3.91. The molecule has 0 fully saturated rings. The van der Waals surface area contributed by atoms with Gasteiger partial charge in [0.1, 0.15) is 11.3 Å². The van der Waals surface area contributed by atoms with Crippen molar-refractivity contribution in [3.05, 3.63) is 60.1 Å². The van der Waals surface area contributed by atoms with Gasteiger partial charge in [-0.2, -0.15) is 0 Å². The third-order valence-corrected chi connectivity index (χ3v) is 4.00. The average molecular weight is 299 g/mol. The Hall–Kier alpha value is -2.27. The smallest absolute Gasteiger partial charge is 0.341 e. The van der Waals surface area contributed by atoms with Gasteiger partial charge >= 0.3 is 5.97 Å². The Kier molecular flexibility index (Phi) is 3.92.